The van der Waals surface area contributed by atoms with Crippen molar-refractivity contribution in [3.05, 3.63) is 54.5 Å². The molecule has 1 aromatic heterocycles. The number of piperazine rings is 1. The number of aromatic nitrogens is 2. The standard InChI is InChI=1S/C24H27FN8O/c1-16(34)33(19-7-4-17(26)5-8-19)23-21(27-2)15-28-24(30-23)29-18-6-9-22(20(25)14-18)32-12-10-31(3)11-13-32/h4-9,14-15H,2,10-13,26H2,1,3H3,(H,28,29,30). The van der Waals surface area contributed by atoms with Crippen LogP contribution in [0.3, 0.4) is 0 Å². The van der Waals surface area contributed by atoms with Crippen LogP contribution in [0.15, 0.2) is 53.7 Å². The first kappa shape index (κ1) is 23.1. The van der Waals surface area contributed by atoms with Gasteiger partial charge in [0.15, 0.2) is 5.82 Å². The summed E-state index contributed by atoms with van der Waals surface area (Å²) in [5.74, 6) is -0.163. The highest BCUT2D eigenvalue weighted by atomic mass is 19.1. The molecule has 0 bridgehead atoms. The van der Waals surface area contributed by atoms with Crippen LogP contribution in [0, 0.1) is 5.82 Å². The van der Waals surface area contributed by atoms with Gasteiger partial charge in [-0.05, 0) is 56.2 Å². The number of hydrogen-bond donors (Lipinski definition) is 2. The summed E-state index contributed by atoms with van der Waals surface area (Å²) in [5, 5.41) is 3.02. The molecule has 2 aromatic carbocycles. The summed E-state index contributed by atoms with van der Waals surface area (Å²) in [6, 6.07) is 11.8. The number of nitrogens with two attached hydrogens (primary N) is 1. The molecule has 1 amide bonds. The van der Waals surface area contributed by atoms with Crippen LogP contribution in [-0.4, -0.2) is 60.7 Å². The minimum absolute atomic E-state index is 0.191. The van der Waals surface area contributed by atoms with Crippen LogP contribution in [-0.2, 0) is 4.79 Å². The first-order valence-corrected chi connectivity index (χ1v) is 10.9. The Balaban J connectivity index is 1.61. The second kappa shape index (κ2) is 9.84. The van der Waals surface area contributed by atoms with Crippen molar-refractivity contribution in [3.63, 3.8) is 0 Å². The van der Waals surface area contributed by atoms with Crippen LogP contribution in [0.25, 0.3) is 0 Å². The third-order valence-electron chi connectivity index (χ3n) is 5.65. The number of hydrogen-bond acceptors (Lipinski definition) is 8. The smallest absolute Gasteiger partial charge is 0.229 e. The second-order valence-corrected chi connectivity index (χ2v) is 8.09. The van der Waals surface area contributed by atoms with Gasteiger partial charge in [-0.2, -0.15) is 4.98 Å². The van der Waals surface area contributed by atoms with Crippen molar-refractivity contribution in [2.75, 3.05) is 54.1 Å². The molecule has 34 heavy (non-hydrogen) atoms. The van der Waals surface area contributed by atoms with Gasteiger partial charge in [0, 0.05) is 44.5 Å². The fraction of sp³-hybridized carbons (Fsp3) is 0.250. The fourth-order valence-corrected chi connectivity index (χ4v) is 3.80. The van der Waals surface area contributed by atoms with Crippen molar-refractivity contribution in [1.29, 1.82) is 0 Å². The van der Waals surface area contributed by atoms with Gasteiger partial charge in [0.2, 0.25) is 11.9 Å². The van der Waals surface area contributed by atoms with Gasteiger partial charge in [0.05, 0.1) is 17.6 Å². The number of nitrogens with zero attached hydrogens (tertiary/aromatic N) is 6. The van der Waals surface area contributed by atoms with Crippen LogP contribution in [0.1, 0.15) is 6.92 Å². The van der Waals surface area contributed by atoms with Crippen molar-refractivity contribution in [2.24, 2.45) is 4.99 Å². The lowest BCUT2D eigenvalue weighted by Gasteiger charge is -2.34. The Morgan fingerprint density at radius 2 is 1.88 bits per heavy atom. The zero-order valence-corrected chi connectivity index (χ0v) is 19.2. The highest BCUT2D eigenvalue weighted by Crippen LogP contribution is 2.34. The molecule has 0 aliphatic carbocycles. The predicted octanol–water partition coefficient (Wildman–Crippen LogP) is 3.71. The molecule has 9 nitrogen and oxygen atoms in total. The van der Waals surface area contributed by atoms with Crippen LogP contribution >= 0.6 is 0 Å². The molecule has 1 aliphatic heterocycles. The SMILES string of the molecule is C=Nc1cnc(Nc2ccc(N3CCN(C)CC3)c(F)c2)nc1N(C(C)=O)c1ccc(N)cc1. The van der Waals surface area contributed by atoms with Crippen LogP contribution in [0.2, 0.25) is 0 Å². The molecule has 1 fully saturated rings. The van der Waals surface area contributed by atoms with Crippen molar-refractivity contribution in [2.45, 2.75) is 6.92 Å². The van der Waals surface area contributed by atoms with Crippen molar-refractivity contribution < 1.29 is 9.18 Å². The number of rotatable bonds is 6. The van der Waals surface area contributed by atoms with Crippen LogP contribution < -0.4 is 20.9 Å². The highest BCUT2D eigenvalue weighted by Gasteiger charge is 2.21. The topological polar surface area (TPSA) is 103 Å². The third kappa shape index (κ3) is 4.96. The summed E-state index contributed by atoms with van der Waals surface area (Å²) >= 11 is 0. The zero-order chi connectivity index (χ0) is 24.2. The first-order chi connectivity index (χ1) is 16.4. The first-order valence-electron chi connectivity index (χ1n) is 10.9. The average molecular weight is 463 g/mol. The third-order valence-corrected chi connectivity index (χ3v) is 5.65. The summed E-state index contributed by atoms with van der Waals surface area (Å²) in [6.45, 7) is 8.30. The van der Waals surface area contributed by atoms with E-state index in [0.717, 1.165) is 26.2 Å². The van der Waals surface area contributed by atoms with Gasteiger partial charge in [-0.15, -0.1) is 0 Å². The number of likely N-dealkylation sites (N-methyl/N-ethyl adjacent to an activating group) is 1. The van der Waals surface area contributed by atoms with E-state index < -0.39 is 0 Å². The molecule has 0 atom stereocenters. The van der Waals surface area contributed by atoms with Gasteiger partial charge in [-0.25, -0.2) is 9.37 Å². The van der Waals surface area contributed by atoms with Gasteiger partial charge in [0.1, 0.15) is 11.5 Å². The maximum absolute atomic E-state index is 14.9. The molecular weight excluding hydrogens is 435 g/mol. The van der Waals surface area contributed by atoms with E-state index in [-0.39, 0.29) is 23.5 Å². The largest absolute Gasteiger partial charge is 0.399 e. The number of benzene rings is 2. The van der Waals surface area contributed by atoms with E-state index in [0.29, 0.717) is 28.4 Å². The molecule has 1 aliphatic rings. The van der Waals surface area contributed by atoms with Crippen molar-refractivity contribution in [3.8, 4) is 0 Å². The van der Waals surface area contributed by atoms with E-state index in [9.17, 15) is 9.18 Å². The molecule has 0 spiro atoms. The molecule has 3 N–H and O–H groups in total. The Bertz CT molecular complexity index is 1190. The summed E-state index contributed by atoms with van der Waals surface area (Å²) in [5.41, 5.74) is 8.30. The van der Waals surface area contributed by atoms with E-state index in [4.69, 9.17) is 5.73 Å². The second-order valence-electron chi connectivity index (χ2n) is 8.09. The summed E-state index contributed by atoms with van der Waals surface area (Å²) < 4.78 is 14.9. The maximum Gasteiger partial charge on any atom is 0.229 e. The molecule has 176 valence electrons. The summed E-state index contributed by atoms with van der Waals surface area (Å²) in [6.07, 6.45) is 1.46. The lowest BCUT2D eigenvalue weighted by atomic mass is 10.2. The number of aliphatic imine (C=N–C) groups is 1. The normalized spacial score (nSPS) is 14.0. The maximum atomic E-state index is 14.9. The Morgan fingerprint density at radius 3 is 2.50 bits per heavy atom. The van der Waals surface area contributed by atoms with Crippen molar-refractivity contribution >= 4 is 52.8 Å². The molecule has 3 aromatic rings. The fourth-order valence-electron chi connectivity index (χ4n) is 3.80. The quantitative estimate of drug-likeness (QED) is 0.425. The Kier molecular flexibility index (Phi) is 6.69. The van der Waals surface area contributed by atoms with Gasteiger partial charge >= 0.3 is 0 Å². The Hall–Kier alpha value is -4.05. The van der Waals surface area contributed by atoms with E-state index in [1.807, 2.05) is 4.90 Å². The number of nitrogens with one attached hydrogen (secondary N) is 1. The predicted molar refractivity (Wildman–Crippen MR) is 134 cm³/mol. The number of carbonyl (C=O) groups is 1. The number of nitrogen functional groups attached to an aromatic ring is 1. The van der Waals surface area contributed by atoms with Gasteiger partial charge in [-0.3, -0.25) is 14.7 Å². The number of anilines is 6. The molecule has 4 rings (SSSR count). The number of carbonyl (C=O) groups excluding carboxylic acids is 1. The number of halogens is 1. The van der Waals surface area contributed by atoms with E-state index in [2.05, 4.69) is 38.9 Å². The van der Waals surface area contributed by atoms with E-state index in [1.54, 1.807) is 36.4 Å². The Morgan fingerprint density at radius 1 is 1.18 bits per heavy atom. The van der Waals surface area contributed by atoms with Crippen LogP contribution in [0.4, 0.5) is 44.6 Å². The highest BCUT2D eigenvalue weighted by molar-refractivity contribution is 6.00. The monoisotopic (exact) mass is 462 g/mol. The van der Waals surface area contributed by atoms with Gasteiger partial charge in [-0.1, -0.05) is 0 Å². The Labute approximate surface area is 197 Å². The van der Waals surface area contributed by atoms with Gasteiger partial charge < -0.3 is 20.9 Å². The molecular formula is C24H27FN8O. The number of amides is 1. The summed E-state index contributed by atoms with van der Waals surface area (Å²) in [7, 11) is 2.06. The summed E-state index contributed by atoms with van der Waals surface area (Å²) in [4.78, 5) is 30.9. The van der Waals surface area contributed by atoms with E-state index in [1.165, 1.54) is 24.1 Å². The zero-order valence-electron chi connectivity index (χ0n) is 19.2. The molecule has 0 radical (unpaired) electrons. The minimum atomic E-state index is -0.327. The molecule has 0 saturated carbocycles. The molecule has 10 heteroatoms. The average Bonchev–Trinajstić information content (AvgIpc) is 2.81. The van der Waals surface area contributed by atoms with Gasteiger partial charge in [0.25, 0.3) is 0 Å². The van der Waals surface area contributed by atoms with Crippen LogP contribution in [0.5, 0.6) is 0 Å². The molecule has 0 unspecified atom stereocenters. The molecule has 2 heterocycles. The lowest BCUT2D eigenvalue weighted by molar-refractivity contribution is -0.115. The lowest BCUT2D eigenvalue weighted by Crippen LogP contribution is -2.44. The minimum Gasteiger partial charge on any atom is -0.399 e. The van der Waals surface area contributed by atoms with Crippen molar-refractivity contribution in [1.82, 2.24) is 14.9 Å². The van der Waals surface area contributed by atoms with E-state index >= 15 is 0 Å². The molecule has 1 saturated heterocycles.